The second kappa shape index (κ2) is 5.03. The Morgan fingerprint density at radius 2 is 1.50 bits per heavy atom. The molecule has 0 heterocycles. The van der Waals surface area contributed by atoms with Gasteiger partial charge in [-0.3, -0.25) is 0 Å². The molecule has 0 spiro atoms. The van der Waals surface area contributed by atoms with E-state index in [4.69, 9.17) is 5.26 Å². The van der Waals surface area contributed by atoms with E-state index in [-0.39, 0.29) is 0 Å². The Balaban J connectivity index is 2.35. The van der Waals surface area contributed by atoms with Crippen molar-refractivity contribution in [1.29, 1.82) is 5.26 Å². The summed E-state index contributed by atoms with van der Waals surface area (Å²) in [5.41, 5.74) is 4.57. The van der Waals surface area contributed by atoms with E-state index in [1.807, 2.05) is 26.0 Å². The zero-order valence-corrected chi connectivity index (χ0v) is 10.5. The van der Waals surface area contributed by atoms with Crippen molar-refractivity contribution >= 4 is 0 Å². The predicted molar refractivity (Wildman–Crippen MR) is 71.1 cm³/mol. The van der Waals surface area contributed by atoms with Crippen LogP contribution in [0.2, 0.25) is 0 Å². The molecule has 0 aliphatic carbocycles. The number of hydrogen-bond donors (Lipinski definition) is 1. The average molecular weight is 237 g/mol. The third kappa shape index (κ3) is 2.58. The molecule has 1 N–H and O–H groups in total. The van der Waals surface area contributed by atoms with Gasteiger partial charge in [-0.25, -0.2) is 0 Å². The predicted octanol–water partition coefficient (Wildman–Crippen LogP) is 3.26. The normalized spacial score (nSPS) is 11.9. The fourth-order valence-corrected chi connectivity index (χ4v) is 2.10. The molecule has 0 saturated heterocycles. The molecule has 2 heteroatoms. The van der Waals surface area contributed by atoms with Gasteiger partial charge in [-0.2, -0.15) is 5.26 Å². The number of aliphatic hydroxyl groups is 1. The van der Waals surface area contributed by atoms with E-state index in [0.717, 1.165) is 22.3 Å². The first-order valence-corrected chi connectivity index (χ1v) is 5.86. The zero-order valence-electron chi connectivity index (χ0n) is 10.5. The van der Waals surface area contributed by atoms with Crippen LogP contribution in [0, 0.1) is 25.2 Å². The molecule has 0 aliphatic heterocycles. The minimum Gasteiger partial charge on any atom is -0.384 e. The van der Waals surface area contributed by atoms with Crippen molar-refractivity contribution in [2.24, 2.45) is 0 Å². The monoisotopic (exact) mass is 237 g/mol. The van der Waals surface area contributed by atoms with E-state index >= 15 is 0 Å². The first-order valence-electron chi connectivity index (χ1n) is 5.86. The van der Waals surface area contributed by atoms with E-state index in [0.29, 0.717) is 5.56 Å². The van der Waals surface area contributed by atoms with Gasteiger partial charge in [-0.15, -0.1) is 0 Å². The van der Waals surface area contributed by atoms with Gasteiger partial charge in [0.05, 0.1) is 11.6 Å². The standard InChI is InChI=1S/C16H15NO/c1-11-7-12(2)9-15(8-11)16(18)14-5-3-13(10-17)4-6-14/h3-9,16,18H,1-2H3. The van der Waals surface area contributed by atoms with Crippen LogP contribution in [0.4, 0.5) is 0 Å². The van der Waals surface area contributed by atoms with E-state index in [1.165, 1.54) is 0 Å². The summed E-state index contributed by atoms with van der Waals surface area (Å²) in [6.07, 6.45) is -0.642. The highest BCUT2D eigenvalue weighted by molar-refractivity contribution is 5.38. The third-order valence-electron chi connectivity index (χ3n) is 2.92. The summed E-state index contributed by atoms with van der Waals surface area (Å²) in [4.78, 5) is 0. The van der Waals surface area contributed by atoms with Gasteiger partial charge in [0.2, 0.25) is 0 Å². The number of benzene rings is 2. The summed E-state index contributed by atoms with van der Waals surface area (Å²) in [5, 5.41) is 19.1. The van der Waals surface area contributed by atoms with E-state index in [1.54, 1.807) is 24.3 Å². The third-order valence-corrected chi connectivity index (χ3v) is 2.92. The average Bonchev–Trinajstić information content (AvgIpc) is 2.37. The highest BCUT2D eigenvalue weighted by atomic mass is 16.3. The minimum absolute atomic E-state index is 0.603. The molecule has 0 fully saturated rings. The molecule has 1 unspecified atom stereocenters. The second-order valence-corrected chi connectivity index (χ2v) is 4.56. The lowest BCUT2D eigenvalue weighted by molar-refractivity contribution is 0.220. The highest BCUT2D eigenvalue weighted by Crippen LogP contribution is 2.24. The maximum absolute atomic E-state index is 10.3. The molecule has 18 heavy (non-hydrogen) atoms. The molecule has 0 radical (unpaired) electrons. The zero-order chi connectivity index (χ0) is 13.1. The van der Waals surface area contributed by atoms with E-state index in [9.17, 15) is 5.11 Å². The van der Waals surface area contributed by atoms with Gasteiger partial charge in [0.25, 0.3) is 0 Å². The molecule has 2 aromatic carbocycles. The lowest BCUT2D eigenvalue weighted by Gasteiger charge is -2.13. The molecule has 1 atom stereocenters. The SMILES string of the molecule is Cc1cc(C)cc(C(O)c2ccc(C#N)cc2)c1. The van der Waals surface area contributed by atoms with Gasteiger partial charge in [0.15, 0.2) is 0 Å². The van der Waals surface area contributed by atoms with Crippen molar-refractivity contribution in [2.75, 3.05) is 0 Å². The van der Waals surface area contributed by atoms with Gasteiger partial charge < -0.3 is 5.11 Å². The number of aryl methyl sites for hydroxylation is 2. The molecule has 90 valence electrons. The van der Waals surface area contributed by atoms with Gasteiger partial charge in [0.1, 0.15) is 6.10 Å². The Morgan fingerprint density at radius 1 is 0.944 bits per heavy atom. The van der Waals surface area contributed by atoms with Gasteiger partial charge >= 0.3 is 0 Å². The quantitative estimate of drug-likeness (QED) is 0.871. The lowest BCUT2D eigenvalue weighted by atomic mass is 9.97. The first-order chi connectivity index (χ1) is 8.60. The van der Waals surface area contributed by atoms with Crippen LogP contribution in [0.1, 0.15) is 33.9 Å². The van der Waals surface area contributed by atoms with Crippen LogP contribution in [-0.4, -0.2) is 5.11 Å². The van der Waals surface area contributed by atoms with E-state index in [2.05, 4.69) is 12.1 Å². The van der Waals surface area contributed by atoms with Gasteiger partial charge in [0, 0.05) is 0 Å². The van der Waals surface area contributed by atoms with Crippen molar-refractivity contribution in [3.63, 3.8) is 0 Å². The second-order valence-electron chi connectivity index (χ2n) is 4.56. The Bertz CT molecular complexity index is 573. The summed E-state index contributed by atoms with van der Waals surface area (Å²) in [7, 11) is 0. The highest BCUT2D eigenvalue weighted by Gasteiger charge is 2.11. The molecule has 0 aliphatic rings. The molecule has 0 amide bonds. The smallest absolute Gasteiger partial charge is 0.104 e. The Morgan fingerprint density at radius 3 is 2.00 bits per heavy atom. The molecule has 2 nitrogen and oxygen atoms in total. The maximum atomic E-state index is 10.3. The number of hydrogen-bond acceptors (Lipinski definition) is 2. The van der Waals surface area contributed by atoms with Crippen LogP contribution in [-0.2, 0) is 0 Å². The van der Waals surface area contributed by atoms with Crippen molar-refractivity contribution in [2.45, 2.75) is 20.0 Å². The lowest BCUT2D eigenvalue weighted by Crippen LogP contribution is -2.00. The number of nitriles is 1. The number of rotatable bonds is 2. The summed E-state index contributed by atoms with van der Waals surface area (Å²) < 4.78 is 0. The first kappa shape index (κ1) is 12.3. The molecular weight excluding hydrogens is 222 g/mol. The van der Waals surface area contributed by atoms with Crippen molar-refractivity contribution < 1.29 is 5.11 Å². The summed E-state index contributed by atoms with van der Waals surface area (Å²) in [5.74, 6) is 0. The van der Waals surface area contributed by atoms with Crippen LogP contribution in [0.15, 0.2) is 42.5 Å². The number of aliphatic hydroxyl groups excluding tert-OH is 1. The van der Waals surface area contributed by atoms with Crippen molar-refractivity contribution in [3.05, 3.63) is 70.3 Å². The Kier molecular flexibility index (Phi) is 3.45. The van der Waals surface area contributed by atoms with Gasteiger partial charge in [-0.05, 0) is 37.1 Å². The summed E-state index contributed by atoms with van der Waals surface area (Å²) in [6.45, 7) is 4.03. The van der Waals surface area contributed by atoms with Crippen LogP contribution in [0.3, 0.4) is 0 Å². The maximum Gasteiger partial charge on any atom is 0.104 e. The Labute approximate surface area is 107 Å². The molecule has 2 rings (SSSR count). The van der Waals surface area contributed by atoms with Crippen LogP contribution in [0.25, 0.3) is 0 Å². The van der Waals surface area contributed by atoms with Crippen LogP contribution >= 0.6 is 0 Å². The topological polar surface area (TPSA) is 44.0 Å². The van der Waals surface area contributed by atoms with Crippen molar-refractivity contribution in [1.82, 2.24) is 0 Å². The number of nitrogens with zero attached hydrogens (tertiary/aromatic N) is 1. The van der Waals surface area contributed by atoms with E-state index < -0.39 is 6.10 Å². The minimum atomic E-state index is -0.642. The van der Waals surface area contributed by atoms with Crippen LogP contribution < -0.4 is 0 Å². The molecule has 0 saturated carbocycles. The largest absolute Gasteiger partial charge is 0.384 e. The Hall–Kier alpha value is -2.11. The molecule has 0 bridgehead atoms. The van der Waals surface area contributed by atoms with Gasteiger partial charge in [-0.1, -0.05) is 41.5 Å². The molecular formula is C16H15NO. The van der Waals surface area contributed by atoms with Crippen LogP contribution in [0.5, 0.6) is 0 Å². The molecule has 0 aromatic heterocycles. The fourth-order valence-electron chi connectivity index (χ4n) is 2.10. The summed E-state index contributed by atoms with van der Waals surface area (Å²) in [6, 6.07) is 15.1. The molecule has 2 aromatic rings. The fraction of sp³-hybridized carbons (Fsp3) is 0.188. The van der Waals surface area contributed by atoms with Crippen molar-refractivity contribution in [3.8, 4) is 6.07 Å². The summed E-state index contributed by atoms with van der Waals surface area (Å²) >= 11 is 0.